The summed E-state index contributed by atoms with van der Waals surface area (Å²) in [4.78, 5) is 6.91. The van der Waals surface area contributed by atoms with Crippen LogP contribution in [-0.4, -0.2) is 52.8 Å². The first-order valence-electron chi connectivity index (χ1n) is 8.00. The number of aryl methyl sites for hydroxylation is 1. The predicted octanol–water partition coefficient (Wildman–Crippen LogP) is 3.31. The molecule has 0 aliphatic rings. The molecule has 0 atom stereocenters. The van der Waals surface area contributed by atoms with Crippen molar-refractivity contribution in [2.75, 3.05) is 32.1 Å². The van der Waals surface area contributed by atoms with Crippen LogP contribution in [0.4, 0.5) is 0 Å². The lowest BCUT2D eigenvalue weighted by molar-refractivity contribution is 0.473. The Labute approximate surface area is 162 Å². The second-order valence-electron chi connectivity index (χ2n) is 5.81. The van der Waals surface area contributed by atoms with Gasteiger partial charge in [0.05, 0.1) is 5.69 Å². The highest BCUT2D eigenvalue weighted by Gasteiger charge is 2.14. The Balaban J connectivity index is 0.00000484. The van der Waals surface area contributed by atoms with E-state index in [2.05, 4.69) is 55.6 Å². The molecule has 5 nitrogen and oxygen atoms in total. The summed E-state index contributed by atoms with van der Waals surface area (Å²) in [7, 11) is 4.07. The minimum atomic E-state index is 0. The van der Waals surface area contributed by atoms with E-state index in [0.717, 1.165) is 37.8 Å². The van der Waals surface area contributed by atoms with Gasteiger partial charge in [0.2, 0.25) is 0 Å². The normalized spacial score (nSPS) is 11.5. The zero-order valence-electron chi connectivity index (χ0n) is 15.3. The molecule has 0 saturated heterocycles. The molecule has 0 spiro atoms. The molecule has 0 bridgehead atoms. The quantitative estimate of drug-likeness (QED) is 0.284. The predicted molar refractivity (Wildman–Crippen MR) is 113 cm³/mol. The van der Waals surface area contributed by atoms with Crippen molar-refractivity contribution < 1.29 is 0 Å². The van der Waals surface area contributed by atoms with Crippen LogP contribution in [0.3, 0.4) is 0 Å². The first-order chi connectivity index (χ1) is 10.5. The van der Waals surface area contributed by atoms with E-state index in [-0.39, 0.29) is 24.0 Å². The second kappa shape index (κ2) is 12.0. The van der Waals surface area contributed by atoms with Gasteiger partial charge in [-0.1, -0.05) is 13.8 Å². The highest BCUT2D eigenvalue weighted by atomic mass is 127. The van der Waals surface area contributed by atoms with Gasteiger partial charge in [-0.15, -0.1) is 24.0 Å². The van der Waals surface area contributed by atoms with Crippen LogP contribution < -0.4 is 5.32 Å². The molecule has 1 N–H and O–H groups in total. The van der Waals surface area contributed by atoms with Gasteiger partial charge >= 0.3 is 0 Å². The molecule has 0 radical (unpaired) electrons. The fourth-order valence-corrected chi connectivity index (χ4v) is 2.77. The van der Waals surface area contributed by atoms with Gasteiger partial charge in [0.25, 0.3) is 0 Å². The summed E-state index contributed by atoms with van der Waals surface area (Å²) in [6.07, 6.45) is 5.37. The van der Waals surface area contributed by atoms with Crippen LogP contribution in [0.15, 0.2) is 11.2 Å². The number of halogens is 1. The monoisotopic (exact) mass is 453 g/mol. The number of hydrogen-bond acceptors (Lipinski definition) is 3. The first kappa shape index (κ1) is 22.6. The van der Waals surface area contributed by atoms with Gasteiger partial charge in [0.1, 0.15) is 0 Å². The van der Waals surface area contributed by atoms with E-state index in [1.807, 2.05) is 23.5 Å². The van der Waals surface area contributed by atoms with Crippen LogP contribution in [0.5, 0.6) is 0 Å². The van der Waals surface area contributed by atoms with Gasteiger partial charge in [-0.05, 0) is 31.3 Å². The molecule has 0 amide bonds. The molecule has 134 valence electrons. The SMILES string of the molecule is CCNC(=NCCCSC)N(C)Cc1cn(C)nc1C(C)C.I. The van der Waals surface area contributed by atoms with Crippen LogP contribution in [0.1, 0.15) is 44.4 Å². The Kier molecular flexibility index (Phi) is 11.8. The van der Waals surface area contributed by atoms with Crippen LogP contribution in [0.2, 0.25) is 0 Å². The zero-order chi connectivity index (χ0) is 16.5. The maximum Gasteiger partial charge on any atom is 0.193 e. The molecule has 1 heterocycles. The van der Waals surface area contributed by atoms with E-state index in [4.69, 9.17) is 4.99 Å². The molecule has 1 rings (SSSR count). The minimum Gasteiger partial charge on any atom is -0.357 e. The van der Waals surface area contributed by atoms with Gasteiger partial charge in [-0.25, -0.2) is 0 Å². The molecule has 0 aromatic carbocycles. The Morgan fingerprint density at radius 3 is 2.74 bits per heavy atom. The lowest BCUT2D eigenvalue weighted by atomic mass is 10.1. The number of nitrogens with zero attached hydrogens (tertiary/aromatic N) is 4. The Hall–Kier alpha value is -0.440. The standard InChI is InChI=1S/C16H31N5S.HI/c1-7-17-16(18-9-8-10-22-6)20(4)11-14-12-21(5)19-15(14)13(2)3;/h12-13H,7-11H2,1-6H3,(H,17,18);1H. The summed E-state index contributed by atoms with van der Waals surface area (Å²) in [6, 6.07) is 0. The summed E-state index contributed by atoms with van der Waals surface area (Å²) in [5, 5.41) is 7.96. The van der Waals surface area contributed by atoms with E-state index < -0.39 is 0 Å². The van der Waals surface area contributed by atoms with Crippen molar-refractivity contribution in [3.63, 3.8) is 0 Å². The lowest BCUT2D eigenvalue weighted by Crippen LogP contribution is -2.38. The van der Waals surface area contributed by atoms with Crippen LogP contribution in [-0.2, 0) is 13.6 Å². The number of aliphatic imine (C=N–C) groups is 1. The zero-order valence-corrected chi connectivity index (χ0v) is 18.4. The largest absolute Gasteiger partial charge is 0.357 e. The Bertz CT molecular complexity index is 473. The van der Waals surface area contributed by atoms with Gasteiger partial charge in [-0.2, -0.15) is 16.9 Å². The smallest absolute Gasteiger partial charge is 0.193 e. The molecular formula is C16H32IN5S. The molecular weight excluding hydrogens is 421 g/mol. The number of thioether (sulfide) groups is 1. The highest BCUT2D eigenvalue weighted by Crippen LogP contribution is 2.18. The Morgan fingerprint density at radius 2 is 2.17 bits per heavy atom. The van der Waals surface area contributed by atoms with E-state index in [0.29, 0.717) is 5.92 Å². The third-order valence-corrected chi connectivity index (χ3v) is 4.05. The number of aromatic nitrogens is 2. The lowest BCUT2D eigenvalue weighted by Gasteiger charge is -2.22. The molecule has 7 heteroatoms. The topological polar surface area (TPSA) is 45.5 Å². The fourth-order valence-electron chi connectivity index (χ4n) is 2.36. The van der Waals surface area contributed by atoms with Crippen molar-refractivity contribution in [3.05, 3.63) is 17.5 Å². The molecule has 0 aliphatic carbocycles. The van der Waals surface area contributed by atoms with E-state index >= 15 is 0 Å². The summed E-state index contributed by atoms with van der Waals surface area (Å²) >= 11 is 1.87. The van der Waals surface area contributed by atoms with Gasteiger partial charge in [0.15, 0.2) is 5.96 Å². The highest BCUT2D eigenvalue weighted by molar-refractivity contribution is 14.0. The van der Waals surface area contributed by atoms with Crippen LogP contribution in [0, 0.1) is 0 Å². The number of guanidine groups is 1. The maximum absolute atomic E-state index is 4.72. The maximum atomic E-state index is 4.72. The molecule has 0 unspecified atom stereocenters. The van der Waals surface area contributed by atoms with Crippen molar-refractivity contribution in [1.29, 1.82) is 0 Å². The van der Waals surface area contributed by atoms with Crippen molar-refractivity contribution in [2.24, 2.45) is 12.0 Å². The summed E-state index contributed by atoms with van der Waals surface area (Å²) < 4.78 is 1.90. The molecule has 23 heavy (non-hydrogen) atoms. The molecule has 1 aromatic heterocycles. The average Bonchev–Trinajstić information content (AvgIpc) is 2.83. The number of hydrogen-bond donors (Lipinski definition) is 1. The second-order valence-corrected chi connectivity index (χ2v) is 6.79. The Morgan fingerprint density at radius 1 is 1.48 bits per heavy atom. The van der Waals surface area contributed by atoms with Crippen LogP contribution >= 0.6 is 35.7 Å². The van der Waals surface area contributed by atoms with Crippen molar-refractivity contribution in [2.45, 2.75) is 39.7 Å². The summed E-state index contributed by atoms with van der Waals surface area (Å²) in [6.45, 7) is 9.07. The van der Waals surface area contributed by atoms with E-state index in [9.17, 15) is 0 Å². The van der Waals surface area contributed by atoms with Crippen molar-refractivity contribution >= 4 is 41.7 Å². The molecule has 1 aromatic rings. The van der Waals surface area contributed by atoms with Gasteiger partial charge in [0, 0.05) is 45.5 Å². The van der Waals surface area contributed by atoms with Crippen molar-refractivity contribution in [1.82, 2.24) is 20.0 Å². The fraction of sp³-hybridized carbons (Fsp3) is 0.750. The summed E-state index contributed by atoms with van der Waals surface area (Å²) in [5.41, 5.74) is 2.45. The molecule has 0 saturated carbocycles. The number of rotatable bonds is 8. The first-order valence-corrected chi connectivity index (χ1v) is 9.39. The molecule has 0 fully saturated rings. The van der Waals surface area contributed by atoms with Crippen LogP contribution in [0.25, 0.3) is 0 Å². The third kappa shape index (κ3) is 7.78. The van der Waals surface area contributed by atoms with E-state index in [1.165, 1.54) is 11.3 Å². The third-order valence-electron chi connectivity index (χ3n) is 3.36. The average molecular weight is 453 g/mol. The molecule has 0 aliphatic heterocycles. The van der Waals surface area contributed by atoms with Gasteiger partial charge in [-0.3, -0.25) is 9.67 Å². The van der Waals surface area contributed by atoms with Gasteiger partial charge < -0.3 is 10.2 Å². The minimum absolute atomic E-state index is 0. The van der Waals surface area contributed by atoms with Crippen molar-refractivity contribution in [3.8, 4) is 0 Å². The van der Waals surface area contributed by atoms with E-state index in [1.54, 1.807) is 0 Å². The summed E-state index contributed by atoms with van der Waals surface area (Å²) in [5.74, 6) is 2.57. The number of nitrogens with one attached hydrogen (secondary N) is 1.